The molecule has 7 nitrogen and oxygen atoms in total. The maximum atomic E-state index is 12.5. The van der Waals surface area contributed by atoms with Crippen molar-refractivity contribution in [1.82, 2.24) is 10.2 Å². The van der Waals surface area contributed by atoms with Gasteiger partial charge in [-0.1, -0.05) is 31.2 Å². The van der Waals surface area contributed by atoms with E-state index >= 15 is 0 Å². The van der Waals surface area contributed by atoms with Crippen LogP contribution in [0.4, 0.5) is 5.69 Å². The van der Waals surface area contributed by atoms with Gasteiger partial charge in [-0.05, 0) is 31.4 Å². The zero-order valence-corrected chi connectivity index (χ0v) is 15.9. The summed E-state index contributed by atoms with van der Waals surface area (Å²) in [7, 11) is 0. The van der Waals surface area contributed by atoms with E-state index in [1.165, 1.54) is 4.90 Å². The molecule has 1 aliphatic heterocycles. The zero-order chi connectivity index (χ0) is 20.1. The van der Waals surface area contributed by atoms with E-state index < -0.39 is 0 Å². The van der Waals surface area contributed by atoms with Crippen molar-refractivity contribution in [2.45, 2.75) is 32.6 Å². The standard InChI is InChI=1S/C21H25N3O4/c1-2-12-22-19(26)16-9-5-6-10-17(16)23-18(25)11-13-24-20(27)14-7-3-4-8-15(14)21(24)28/h3-6,9-10,14-15H,2,7-8,11-13H2,1H3,(H,22,26)(H,23,25). The first-order valence-corrected chi connectivity index (χ1v) is 9.70. The topological polar surface area (TPSA) is 95.6 Å². The Morgan fingerprint density at radius 2 is 1.71 bits per heavy atom. The van der Waals surface area contributed by atoms with Gasteiger partial charge in [0.25, 0.3) is 5.91 Å². The maximum Gasteiger partial charge on any atom is 0.253 e. The van der Waals surface area contributed by atoms with Crippen molar-refractivity contribution < 1.29 is 19.2 Å². The molecule has 148 valence electrons. The molecule has 3 rings (SSSR count). The molecule has 0 radical (unpaired) electrons. The number of allylic oxidation sites excluding steroid dienone is 2. The summed E-state index contributed by atoms with van der Waals surface area (Å²) in [6, 6.07) is 6.77. The van der Waals surface area contributed by atoms with E-state index in [1.807, 2.05) is 19.1 Å². The van der Waals surface area contributed by atoms with Gasteiger partial charge >= 0.3 is 0 Å². The van der Waals surface area contributed by atoms with E-state index in [1.54, 1.807) is 24.3 Å². The second kappa shape index (κ2) is 8.82. The van der Waals surface area contributed by atoms with Crippen LogP contribution in [0, 0.1) is 11.8 Å². The fraction of sp³-hybridized carbons (Fsp3) is 0.429. The van der Waals surface area contributed by atoms with Gasteiger partial charge in [0.1, 0.15) is 0 Å². The lowest BCUT2D eigenvalue weighted by Gasteiger charge is -2.15. The number of fused-ring (bicyclic) bond motifs is 1. The Morgan fingerprint density at radius 1 is 1.07 bits per heavy atom. The average molecular weight is 383 g/mol. The highest BCUT2D eigenvalue weighted by atomic mass is 16.2. The van der Waals surface area contributed by atoms with Crippen LogP contribution >= 0.6 is 0 Å². The third kappa shape index (κ3) is 4.13. The lowest BCUT2D eigenvalue weighted by atomic mass is 9.85. The molecular formula is C21H25N3O4. The number of nitrogens with one attached hydrogen (secondary N) is 2. The Kier molecular flexibility index (Phi) is 6.23. The van der Waals surface area contributed by atoms with Gasteiger partial charge in [0.15, 0.2) is 0 Å². The fourth-order valence-electron chi connectivity index (χ4n) is 3.64. The number of carbonyl (C=O) groups excluding carboxylic acids is 4. The Morgan fingerprint density at radius 3 is 2.36 bits per heavy atom. The quantitative estimate of drug-likeness (QED) is 0.557. The smallest absolute Gasteiger partial charge is 0.253 e. The van der Waals surface area contributed by atoms with E-state index in [2.05, 4.69) is 10.6 Å². The summed E-state index contributed by atoms with van der Waals surface area (Å²) in [5.41, 5.74) is 0.799. The first-order chi connectivity index (χ1) is 13.5. The fourth-order valence-corrected chi connectivity index (χ4v) is 3.64. The second-order valence-corrected chi connectivity index (χ2v) is 7.08. The van der Waals surface area contributed by atoms with E-state index in [9.17, 15) is 19.2 Å². The van der Waals surface area contributed by atoms with Crippen LogP contribution in [0.3, 0.4) is 0 Å². The number of amides is 4. The third-order valence-corrected chi connectivity index (χ3v) is 5.14. The SMILES string of the molecule is CCCNC(=O)c1ccccc1NC(=O)CCN1C(=O)C2CC=CCC2C1=O. The van der Waals surface area contributed by atoms with Crippen molar-refractivity contribution in [2.24, 2.45) is 11.8 Å². The molecule has 4 amide bonds. The molecule has 1 heterocycles. The monoisotopic (exact) mass is 383 g/mol. The summed E-state index contributed by atoms with van der Waals surface area (Å²) in [4.78, 5) is 50.7. The van der Waals surface area contributed by atoms with Crippen molar-refractivity contribution in [1.29, 1.82) is 0 Å². The molecule has 28 heavy (non-hydrogen) atoms. The van der Waals surface area contributed by atoms with Gasteiger partial charge in [-0.2, -0.15) is 0 Å². The largest absolute Gasteiger partial charge is 0.352 e. The van der Waals surface area contributed by atoms with Crippen LogP contribution in [-0.2, 0) is 14.4 Å². The number of rotatable bonds is 7. The number of para-hydroxylation sites is 1. The molecule has 1 aromatic carbocycles. The lowest BCUT2D eigenvalue weighted by molar-refractivity contribution is -0.140. The Balaban J connectivity index is 1.59. The molecule has 2 aliphatic rings. The first-order valence-electron chi connectivity index (χ1n) is 9.70. The minimum Gasteiger partial charge on any atom is -0.352 e. The lowest BCUT2D eigenvalue weighted by Crippen LogP contribution is -2.34. The number of hydrogen-bond donors (Lipinski definition) is 2. The second-order valence-electron chi connectivity index (χ2n) is 7.08. The number of anilines is 1. The highest BCUT2D eigenvalue weighted by molar-refractivity contribution is 6.06. The Bertz CT molecular complexity index is 792. The minimum absolute atomic E-state index is 0.00470. The molecule has 1 aliphatic carbocycles. The number of benzene rings is 1. The first kappa shape index (κ1) is 19.8. The van der Waals surface area contributed by atoms with Crippen LogP contribution in [0.5, 0.6) is 0 Å². The van der Waals surface area contributed by atoms with Crippen molar-refractivity contribution in [2.75, 3.05) is 18.4 Å². The molecule has 0 spiro atoms. The van der Waals surface area contributed by atoms with E-state index in [0.717, 1.165) is 6.42 Å². The molecular weight excluding hydrogens is 358 g/mol. The maximum absolute atomic E-state index is 12.5. The Labute approximate surface area is 164 Å². The summed E-state index contributed by atoms with van der Waals surface area (Å²) in [6.07, 6.45) is 5.84. The van der Waals surface area contributed by atoms with Crippen molar-refractivity contribution in [3.05, 3.63) is 42.0 Å². The molecule has 2 N–H and O–H groups in total. The summed E-state index contributed by atoms with van der Waals surface area (Å²) in [5, 5.41) is 5.51. The molecule has 1 fully saturated rings. The predicted octanol–water partition coefficient (Wildman–Crippen LogP) is 2.11. The number of carbonyl (C=O) groups is 4. The third-order valence-electron chi connectivity index (χ3n) is 5.14. The summed E-state index contributed by atoms with van der Waals surface area (Å²) < 4.78 is 0. The molecule has 7 heteroatoms. The van der Waals surface area contributed by atoms with Crippen LogP contribution < -0.4 is 10.6 Å². The van der Waals surface area contributed by atoms with Gasteiger partial charge in [0.2, 0.25) is 17.7 Å². The highest BCUT2D eigenvalue weighted by Crippen LogP contribution is 2.35. The van der Waals surface area contributed by atoms with Crippen LogP contribution in [0.15, 0.2) is 36.4 Å². The van der Waals surface area contributed by atoms with Crippen molar-refractivity contribution in [3.8, 4) is 0 Å². The normalized spacial score (nSPS) is 20.8. The molecule has 2 atom stereocenters. The molecule has 0 saturated carbocycles. The zero-order valence-electron chi connectivity index (χ0n) is 15.9. The summed E-state index contributed by atoms with van der Waals surface area (Å²) >= 11 is 0. The molecule has 0 bridgehead atoms. The van der Waals surface area contributed by atoms with Crippen molar-refractivity contribution >= 4 is 29.3 Å². The predicted molar refractivity (Wildman–Crippen MR) is 104 cm³/mol. The van der Waals surface area contributed by atoms with Crippen molar-refractivity contribution in [3.63, 3.8) is 0 Å². The average Bonchev–Trinajstić information content (AvgIpc) is 2.95. The van der Waals surface area contributed by atoms with Gasteiger partial charge in [0.05, 0.1) is 23.1 Å². The van der Waals surface area contributed by atoms with Gasteiger partial charge < -0.3 is 10.6 Å². The van der Waals surface area contributed by atoms with Crippen LogP contribution in [0.25, 0.3) is 0 Å². The highest BCUT2D eigenvalue weighted by Gasteiger charge is 2.46. The Hall–Kier alpha value is -2.96. The number of likely N-dealkylation sites (tertiary alicyclic amines) is 1. The molecule has 2 unspecified atom stereocenters. The van der Waals surface area contributed by atoms with Crippen LogP contribution in [-0.4, -0.2) is 41.6 Å². The number of hydrogen-bond acceptors (Lipinski definition) is 4. The van der Waals surface area contributed by atoms with Gasteiger partial charge in [0, 0.05) is 19.5 Å². The van der Waals surface area contributed by atoms with E-state index in [0.29, 0.717) is 30.6 Å². The molecule has 1 saturated heterocycles. The molecule has 0 aromatic heterocycles. The minimum atomic E-state index is -0.343. The van der Waals surface area contributed by atoms with E-state index in [4.69, 9.17) is 0 Å². The van der Waals surface area contributed by atoms with Gasteiger partial charge in [-0.25, -0.2) is 0 Å². The number of nitrogens with zero attached hydrogens (tertiary/aromatic N) is 1. The van der Waals surface area contributed by atoms with E-state index in [-0.39, 0.29) is 48.4 Å². The number of imide groups is 1. The van der Waals surface area contributed by atoms with Crippen LogP contribution in [0.2, 0.25) is 0 Å². The molecule has 1 aromatic rings. The summed E-state index contributed by atoms with van der Waals surface area (Å²) in [6.45, 7) is 2.57. The van der Waals surface area contributed by atoms with Crippen LogP contribution in [0.1, 0.15) is 43.0 Å². The van der Waals surface area contributed by atoms with Gasteiger partial charge in [-0.3, -0.25) is 24.1 Å². The summed E-state index contributed by atoms with van der Waals surface area (Å²) in [5.74, 6) is -1.55. The van der Waals surface area contributed by atoms with Gasteiger partial charge in [-0.15, -0.1) is 0 Å².